The third kappa shape index (κ3) is 3.57. The summed E-state index contributed by atoms with van der Waals surface area (Å²) in [6, 6.07) is 0. The molecular formula is C13H30O2Si. The Hall–Kier alpha value is 0.137. The molecule has 0 spiro atoms. The maximum atomic E-state index is 9.66. The maximum Gasteiger partial charge on any atom is 0.200 e. The van der Waals surface area contributed by atoms with Crippen molar-refractivity contribution in [1.82, 2.24) is 0 Å². The largest absolute Gasteiger partial charge is 0.413 e. The van der Waals surface area contributed by atoms with Crippen molar-refractivity contribution >= 4 is 8.32 Å². The average molecular weight is 246 g/mol. The minimum Gasteiger partial charge on any atom is -0.413 e. The third-order valence-corrected chi connectivity index (χ3v) is 9.78. The van der Waals surface area contributed by atoms with Gasteiger partial charge in [-0.2, -0.15) is 0 Å². The Bertz CT molecular complexity index is 169. The molecule has 98 valence electrons. The summed E-state index contributed by atoms with van der Waals surface area (Å²) in [4.78, 5) is 0. The lowest BCUT2D eigenvalue weighted by Crippen LogP contribution is -2.49. The van der Waals surface area contributed by atoms with Crippen LogP contribution in [0.5, 0.6) is 0 Å². The van der Waals surface area contributed by atoms with Crippen molar-refractivity contribution in [1.29, 1.82) is 0 Å². The highest BCUT2D eigenvalue weighted by atomic mass is 28.4. The summed E-state index contributed by atoms with van der Waals surface area (Å²) in [5.41, 5.74) is 1.78. The lowest BCUT2D eigenvalue weighted by molar-refractivity contribution is 0.0945. The van der Waals surface area contributed by atoms with E-state index in [0.29, 0.717) is 23.2 Å². The van der Waals surface area contributed by atoms with E-state index in [0.717, 1.165) is 6.42 Å². The summed E-state index contributed by atoms with van der Waals surface area (Å²) < 4.78 is 6.26. The molecule has 1 atom stereocenters. The number of aliphatic hydroxyl groups excluding tert-OH is 1. The highest BCUT2D eigenvalue weighted by molar-refractivity contribution is 6.77. The fourth-order valence-corrected chi connectivity index (χ4v) is 8.34. The smallest absolute Gasteiger partial charge is 0.200 e. The maximum absolute atomic E-state index is 9.66. The molecule has 1 unspecified atom stereocenters. The lowest BCUT2D eigenvalue weighted by atomic mass is 10.3. The third-order valence-electron chi connectivity index (χ3n) is 3.70. The van der Waals surface area contributed by atoms with Gasteiger partial charge in [0.25, 0.3) is 0 Å². The Morgan fingerprint density at radius 2 is 1.31 bits per heavy atom. The fraction of sp³-hybridized carbons (Fsp3) is 1.00. The van der Waals surface area contributed by atoms with Crippen molar-refractivity contribution in [2.45, 2.75) is 77.6 Å². The minimum absolute atomic E-state index is 0.303. The van der Waals surface area contributed by atoms with Gasteiger partial charge in [0.2, 0.25) is 0 Å². The van der Waals surface area contributed by atoms with E-state index in [1.165, 1.54) is 0 Å². The Balaban J connectivity index is 4.77. The second-order valence-electron chi connectivity index (χ2n) is 5.69. The molecule has 0 rings (SSSR count). The van der Waals surface area contributed by atoms with Gasteiger partial charge in [0.1, 0.15) is 0 Å². The Morgan fingerprint density at radius 1 is 0.938 bits per heavy atom. The Labute approximate surface area is 103 Å². The molecule has 1 N–H and O–H groups in total. The van der Waals surface area contributed by atoms with E-state index in [1.54, 1.807) is 0 Å². The molecule has 3 heteroatoms. The number of hydrogen-bond acceptors (Lipinski definition) is 2. The fourth-order valence-electron chi connectivity index (χ4n) is 2.86. The number of aliphatic hydroxyl groups is 1. The van der Waals surface area contributed by atoms with Gasteiger partial charge in [-0.05, 0) is 23.0 Å². The number of rotatable bonds is 7. The van der Waals surface area contributed by atoms with Gasteiger partial charge < -0.3 is 9.53 Å². The molecule has 0 fully saturated rings. The topological polar surface area (TPSA) is 29.5 Å². The van der Waals surface area contributed by atoms with Crippen molar-refractivity contribution in [3.63, 3.8) is 0 Å². The van der Waals surface area contributed by atoms with Crippen molar-refractivity contribution in [3.05, 3.63) is 0 Å². The van der Waals surface area contributed by atoms with Crippen LogP contribution >= 0.6 is 0 Å². The molecule has 0 aromatic rings. The van der Waals surface area contributed by atoms with E-state index >= 15 is 0 Å². The van der Waals surface area contributed by atoms with Gasteiger partial charge in [0.05, 0.1) is 12.7 Å². The molecule has 0 aliphatic rings. The van der Waals surface area contributed by atoms with E-state index in [9.17, 15) is 5.11 Å². The molecule has 0 heterocycles. The molecule has 16 heavy (non-hydrogen) atoms. The van der Waals surface area contributed by atoms with Crippen LogP contribution in [0.15, 0.2) is 0 Å². The zero-order chi connectivity index (χ0) is 12.9. The molecular weight excluding hydrogens is 216 g/mol. The molecule has 0 amide bonds. The van der Waals surface area contributed by atoms with Crippen molar-refractivity contribution in [3.8, 4) is 0 Å². The SMILES string of the molecule is CCC(O)CO[Si](C(C)C)(C(C)C)C(C)C. The van der Waals surface area contributed by atoms with Crippen molar-refractivity contribution < 1.29 is 9.53 Å². The first kappa shape index (κ1) is 16.1. The molecule has 0 aromatic carbocycles. The van der Waals surface area contributed by atoms with Gasteiger partial charge in [0, 0.05) is 0 Å². The van der Waals surface area contributed by atoms with Crippen LogP contribution in [0.2, 0.25) is 16.6 Å². The molecule has 0 saturated carbocycles. The summed E-state index contributed by atoms with van der Waals surface area (Å²) in [5, 5.41) is 9.66. The van der Waals surface area contributed by atoms with E-state index in [-0.39, 0.29) is 6.10 Å². The van der Waals surface area contributed by atoms with E-state index < -0.39 is 8.32 Å². The van der Waals surface area contributed by atoms with Gasteiger partial charge in [-0.25, -0.2) is 0 Å². The summed E-state index contributed by atoms with van der Waals surface area (Å²) in [7, 11) is -1.77. The second kappa shape index (κ2) is 6.77. The van der Waals surface area contributed by atoms with E-state index in [1.807, 2.05) is 6.92 Å². The minimum atomic E-state index is -1.77. The van der Waals surface area contributed by atoms with Crippen molar-refractivity contribution in [2.24, 2.45) is 0 Å². The van der Waals surface area contributed by atoms with Gasteiger partial charge in [-0.3, -0.25) is 0 Å². The predicted octanol–water partition coefficient (Wildman–Crippen LogP) is 3.95. The normalized spacial score (nSPS) is 15.2. The Kier molecular flexibility index (Phi) is 6.83. The quantitative estimate of drug-likeness (QED) is 0.689. The van der Waals surface area contributed by atoms with Crippen LogP contribution in [0.3, 0.4) is 0 Å². The molecule has 0 aliphatic heterocycles. The van der Waals surface area contributed by atoms with Crippen molar-refractivity contribution in [2.75, 3.05) is 6.61 Å². The summed E-state index contributed by atoms with van der Waals surface area (Å²) in [6.45, 7) is 16.1. The van der Waals surface area contributed by atoms with Gasteiger partial charge in [0.15, 0.2) is 8.32 Å². The predicted molar refractivity (Wildman–Crippen MR) is 73.3 cm³/mol. The first-order chi connectivity index (χ1) is 7.28. The van der Waals surface area contributed by atoms with E-state index in [2.05, 4.69) is 41.5 Å². The molecule has 0 aromatic heterocycles. The first-order valence-electron chi connectivity index (χ1n) is 6.60. The van der Waals surface area contributed by atoms with Gasteiger partial charge >= 0.3 is 0 Å². The zero-order valence-electron chi connectivity index (χ0n) is 12.1. The van der Waals surface area contributed by atoms with Gasteiger partial charge in [-0.15, -0.1) is 0 Å². The summed E-state index contributed by atoms with van der Waals surface area (Å²) >= 11 is 0. The van der Waals surface area contributed by atoms with Crippen LogP contribution in [0.1, 0.15) is 54.9 Å². The monoisotopic (exact) mass is 246 g/mol. The van der Waals surface area contributed by atoms with E-state index in [4.69, 9.17) is 4.43 Å². The van der Waals surface area contributed by atoms with Crippen LogP contribution in [-0.4, -0.2) is 26.1 Å². The first-order valence-corrected chi connectivity index (χ1v) is 8.75. The van der Waals surface area contributed by atoms with Crippen LogP contribution < -0.4 is 0 Å². The average Bonchev–Trinajstić information content (AvgIpc) is 2.16. The lowest BCUT2D eigenvalue weighted by Gasteiger charge is -2.42. The summed E-state index contributed by atoms with van der Waals surface area (Å²) in [5.74, 6) is 0. The molecule has 0 bridgehead atoms. The van der Waals surface area contributed by atoms with Gasteiger partial charge in [-0.1, -0.05) is 48.5 Å². The standard InChI is InChI=1S/C13H30O2Si/c1-8-13(14)9-15-16(10(2)3,11(4)5)12(6)7/h10-14H,8-9H2,1-7H3. The zero-order valence-corrected chi connectivity index (χ0v) is 13.1. The highest BCUT2D eigenvalue weighted by Gasteiger charge is 2.45. The number of hydrogen-bond donors (Lipinski definition) is 1. The van der Waals surface area contributed by atoms with Crippen LogP contribution in [0, 0.1) is 0 Å². The van der Waals surface area contributed by atoms with Crippen LogP contribution in [-0.2, 0) is 4.43 Å². The second-order valence-corrected chi connectivity index (χ2v) is 11.2. The molecule has 0 radical (unpaired) electrons. The highest BCUT2D eigenvalue weighted by Crippen LogP contribution is 2.42. The van der Waals surface area contributed by atoms with Crippen LogP contribution in [0.25, 0.3) is 0 Å². The molecule has 0 aliphatic carbocycles. The summed E-state index contributed by atoms with van der Waals surface area (Å²) in [6.07, 6.45) is 0.474. The molecule has 0 saturated heterocycles. The Morgan fingerprint density at radius 3 is 1.56 bits per heavy atom. The van der Waals surface area contributed by atoms with Crippen LogP contribution in [0.4, 0.5) is 0 Å². The molecule has 2 nitrogen and oxygen atoms in total.